The van der Waals surface area contributed by atoms with Crippen molar-refractivity contribution >= 4 is 12.0 Å². The van der Waals surface area contributed by atoms with Gasteiger partial charge in [0.15, 0.2) is 0 Å². The maximum Gasteiger partial charge on any atom is 0.407 e. The van der Waals surface area contributed by atoms with Crippen molar-refractivity contribution in [1.82, 2.24) is 10.2 Å². The van der Waals surface area contributed by atoms with Crippen LogP contribution in [0, 0.1) is 5.92 Å². The van der Waals surface area contributed by atoms with E-state index in [0.29, 0.717) is 31.8 Å². The molecule has 1 fully saturated rings. The molecule has 7 heteroatoms. The van der Waals surface area contributed by atoms with E-state index in [1.807, 2.05) is 30.3 Å². The van der Waals surface area contributed by atoms with Gasteiger partial charge >= 0.3 is 6.09 Å². The van der Waals surface area contributed by atoms with Gasteiger partial charge in [-0.1, -0.05) is 24.3 Å². The predicted octanol–water partition coefficient (Wildman–Crippen LogP) is 3.89. The summed E-state index contributed by atoms with van der Waals surface area (Å²) in [6, 6.07) is 13.5. The number of nitrogens with zero attached hydrogens (tertiary/aromatic N) is 1. The molecule has 31 heavy (non-hydrogen) atoms. The SMILES string of the molecule is C=CCNC(=O)c1ccc(-c2ccc3c(c2)COC(C2CCN(C(=O)O)CC2)O3)cc1. The number of fused-ring (bicyclic) bond motifs is 1. The maximum absolute atomic E-state index is 12.0. The minimum atomic E-state index is -0.868. The predicted molar refractivity (Wildman–Crippen MR) is 116 cm³/mol. The smallest absolute Gasteiger partial charge is 0.407 e. The Balaban J connectivity index is 1.41. The van der Waals surface area contributed by atoms with Crippen LogP contribution in [0.4, 0.5) is 4.79 Å². The molecule has 0 spiro atoms. The van der Waals surface area contributed by atoms with Gasteiger partial charge < -0.3 is 24.8 Å². The molecule has 2 aromatic carbocycles. The van der Waals surface area contributed by atoms with Gasteiger partial charge in [-0.05, 0) is 48.2 Å². The van der Waals surface area contributed by atoms with Crippen LogP contribution >= 0.6 is 0 Å². The fourth-order valence-corrected chi connectivity index (χ4v) is 3.99. The number of hydrogen-bond acceptors (Lipinski definition) is 4. The van der Waals surface area contributed by atoms with Gasteiger partial charge in [-0.2, -0.15) is 0 Å². The minimum absolute atomic E-state index is 0.126. The quantitative estimate of drug-likeness (QED) is 0.714. The zero-order chi connectivity index (χ0) is 21.8. The first-order valence-electron chi connectivity index (χ1n) is 10.4. The highest BCUT2D eigenvalue weighted by Crippen LogP contribution is 2.35. The minimum Gasteiger partial charge on any atom is -0.465 e. The van der Waals surface area contributed by atoms with Crippen LogP contribution in [-0.2, 0) is 11.3 Å². The number of hydrogen-bond donors (Lipinski definition) is 2. The number of ether oxygens (including phenoxy) is 2. The third-order valence-corrected chi connectivity index (χ3v) is 5.79. The second-order valence-corrected chi connectivity index (χ2v) is 7.80. The van der Waals surface area contributed by atoms with Gasteiger partial charge in [0.25, 0.3) is 5.91 Å². The Bertz CT molecular complexity index is 964. The summed E-state index contributed by atoms with van der Waals surface area (Å²) in [6.45, 7) is 5.51. The van der Waals surface area contributed by atoms with Crippen LogP contribution in [0.2, 0.25) is 0 Å². The molecule has 2 amide bonds. The number of nitrogens with one attached hydrogen (secondary N) is 1. The third-order valence-electron chi connectivity index (χ3n) is 5.79. The first kappa shape index (κ1) is 20.9. The summed E-state index contributed by atoms with van der Waals surface area (Å²) in [5.41, 5.74) is 3.61. The number of carbonyl (C=O) groups is 2. The van der Waals surface area contributed by atoms with Gasteiger partial charge in [0.05, 0.1) is 6.61 Å². The lowest BCUT2D eigenvalue weighted by atomic mass is 9.95. The van der Waals surface area contributed by atoms with E-state index in [2.05, 4.69) is 11.9 Å². The average Bonchev–Trinajstić information content (AvgIpc) is 2.82. The van der Waals surface area contributed by atoms with Crippen molar-refractivity contribution in [3.63, 3.8) is 0 Å². The van der Waals surface area contributed by atoms with Crippen molar-refractivity contribution in [2.75, 3.05) is 19.6 Å². The lowest BCUT2D eigenvalue weighted by Gasteiger charge is -2.36. The molecule has 0 saturated carbocycles. The Labute approximate surface area is 181 Å². The van der Waals surface area contributed by atoms with Crippen LogP contribution in [0.5, 0.6) is 5.75 Å². The van der Waals surface area contributed by atoms with E-state index in [0.717, 1.165) is 35.3 Å². The molecular weight excluding hydrogens is 396 g/mol. The molecule has 4 rings (SSSR count). The molecule has 0 aromatic heterocycles. The molecule has 1 saturated heterocycles. The molecule has 1 unspecified atom stereocenters. The van der Waals surface area contributed by atoms with E-state index in [1.54, 1.807) is 18.2 Å². The molecule has 1 atom stereocenters. The largest absolute Gasteiger partial charge is 0.465 e. The van der Waals surface area contributed by atoms with Crippen molar-refractivity contribution in [2.45, 2.75) is 25.7 Å². The van der Waals surface area contributed by atoms with Crippen LogP contribution in [0.1, 0.15) is 28.8 Å². The van der Waals surface area contributed by atoms with Gasteiger partial charge in [-0.15, -0.1) is 6.58 Å². The average molecular weight is 422 g/mol. The highest BCUT2D eigenvalue weighted by molar-refractivity contribution is 5.94. The summed E-state index contributed by atoms with van der Waals surface area (Å²) in [6.07, 6.45) is 1.90. The highest BCUT2D eigenvalue weighted by atomic mass is 16.7. The molecule has 0 radical (unpaired) electrons. The summed E-state index contributed by atoms with van der Waals surface area (Å²) in [5.74, 6) is 0.864. The Kier molecular flexibility index (Phi) is 6.23. The van der Waals surface area contributed by atoms with Gasteiger partial charge in [-0.25, -0.2) is 4.79 Å². The van der Waals surface area contributed by atoms with Gasteiger partial charge in [0.1, 0.15) is 5.75 Å². The van der Waals surface area contributed by atoms with Crippen LogP contribution < -0.4 is 10.1 Å². The standard InChI is InChI=1S/C24H26N2O5/c1-2-11-25-22(27)17-5-3-16(4-6-17)19-7-8-21-20(14-19)15-30-23(31-21)18-9-12-26(13-10-18)24(28)29/h2-8,14,18,23H,1,9-13,15H2,(H,25,27)(H,28,29). The van der Waals surface area contributed by atoms with Crippen molar-refractivity contribution in [3.05, 3.63) is 66.2 Å². The van der Waals surface area contributed by atoms with Gasteiger partial charge in [0, 0.05) is 36.7 Å². The van der Waals surface area contributed by atoms with E-state index in [4.69, 9.17) is 14.6 Å². The number of likely N-dealkylation sites (tertiary alicyclic amines) is 1. The van der Waals surface area contributed by atoms with Crippen LogP contribution in [-0.4, -0.2) is 47.9 Å². The molecular formula is C24H26N2O5. The molecule has 162 valence electrons. The first-order chi connectivity index (χ1) is 15.0. The summed E-state index contributed by atoms with van der Waals surface area (Å²) in [7, 11) is 0. The number of carbonyl (C=O) groups excluding carboxylic acids is 1. The molecule has 2 aliphatic rings. The second kappa shape index (κ2) is 9.22. The molecule has 2 heterocycles. The van der Waals surface area contributed by atoms with Crippen molar-refractivity contribution in [1.29, 1.82) is 0 Å². The number of benzene rings is 2. The first-order valence-corrected chi connectivity index (χ1v) is 10.4. The number of carboxylic acid groups (broad SMARTS) is 1. The third kappa shape index (κ3) is 4.72. The summed E-state index contributed by atoms with van der Waals surface area (Å²) in [5, 5.41) is 11.9. The second-order valence-electron chi connectivity index (χ2n) is 7.80. The van der Waals surface area contributed by atoms with Gasteiger partial charge in [-0.3, -0.25) is 4.79 Å². The number of amides is 2. The molecule has 2 aromatic rings. The molecule has 7 nitrogen and oxygen atoms in total. The lowest BCUT2D eigenvalue weighted by Crippen LogP contribution is -2.43. The lowest BCUT2D eigenvalue weighted by molar-refractivity contribution is -0.148. The van der Waals surface area contributed by atoms with Crippen molar-refractivity contribution in [2.24, 2.45) is 5.92 Å². The van der Waals surface area contributed by atoms with Crippen LogP contribution in [0.25, 0.3) is 11.1 Å². The fourth-order valence-electron chi connectivity index (χ4n) is 3.99. The van der Waals surface area contributed by atoms with E-state index in [1.165, 1.54) is 4.90 Å². The molecule has 0 bridgehead atoms. The zero-order valence-electron chi connectivity index (χ0n) is 17.3. The molecule has 2 aliphatic heterocycles. The molecule has 2 N–H and O–H groups in total. The zero-order valence-corrected chi connectivity index (χ0v) is 17.3. The van der Waals surface area contributed by atoms with Crippen LogP contribution in [0.3, 0.4) is 0 Å². The maximum atomic E-state index is 12.0. The molecule has 0 aliphatic carbocycles. The normalized spacial score (nSPS) is 18.6. The van der Waals surface area contributed by atoms with E-state index >= 15 is 0 Å². The van der Waals surface area contributed by atoms with Crippen LogP contribution in [0.15, 0.2) is 55.1 Å². The van der Waals surface area contributed by atoms with Crippen molar-refractivity contribution in [3.8, 4) is 16.9 Å². The Morgan fingerprint density at radius 1 is 1.13 bits per heavy atom. The van der Waals surface area contributed by atoms with Gasteiger partial charge in [0.2, 0.25) is 6.29 Å². The number of rotatable bonds is 5. The van der Waals surface area contributed by atoms with Crippen molar-refractivity contribution < 1.29 is 24.2 Å². The summed E-state index contributed by atoms with van der Waals surface area (Å²) >= 11 is 0. The fraction of sp³-hybridized carbons (Fsp3) is 0.333. The monoisotopic (exact) mass is 422 g/mol. The van der Waals surface area contributed by atoms with E-state index < -0.39 is 6.09 Å². The Morgan fingerprint density at radius 2 is 1.84 bits per heavy atom. The summed E-state index contributed by atoms with van der Waals surface area (Å²) < 4.78 is 12.1. The Hall–Kier alpha value is -3.32. The topological polar surface area (TPSA) is 88.1 Å². The Morgan fingerprint density at radius 3 is 2.52 bits per heavy atom. The highest BCUT2D eigenvalue weighted by Gasteiger charge is 2.33. The van der Waals surface area contributed by atoms with E-state index in [-0.39, 0.29) is 18.1 Å². The number of piperidine rings is 1. The van der Waals surface area contributed by atoms with E-state index in [9.17, 15) is 9.59 Å². The summed E-state index contributed by atoms with van der Waals surface area (Å²) in [4.78, 5) is 24.6.